The minimum absolute atomic E-state index is 0.459. The molecule has 0 bridgehead atoms. The van der Waals surface area contributed by atoms with Gasteiger partial charge in [0, 0.05) is 0 Å². The number of hydrogen-bond acceptors (Lipinski definition) is 4. The average molecular weight is 170 g/mol. The zero-order valence-corrected chi connectivity index (χ0v) is 5.99. The monoisotopic (exact) mass is 170 g/mol. The second-order valence-corrected chi connectivity index (χ2v) is 2.39. The maximum atomic E-state index is 10.9. The van der Waals surface area contributed by atoms with Crippen LogP contribution in [0.5, 0.6) is 0 Å². The SMILES string of the molecule is NC(=O)C1C(=O)CC(=O)NC1=O. The molecule has 1 fully saturated rings. The maximum Gasteiger partial charge on any atom is 0.246 e. The van der Waals surface area contributed by atoms with Crippen molar-refractivity contribution < 1.29 is 19.2 Å². The molecule has 1 rings (SSSR count). The number of amides is 3. The Balaban J connectivity index is 2.88. The Kier molecular flexibility index (Phi) is 1.90. The summed E-state index contributed by atoms with van der Waals surface area (Å²) >= 11 is 0. The number of nitrogens with one attached hydrogen (secondary N) is 1. The van der Waals surface area contributed by atoms with E-state index in [4.69, 9.17) is 5.73 Å². The Labute approximate surface area is 67.1 Å². The van der Waals surface area contributed by atoms with Crippen molar-refractivity contribution in [3.8, 4) is 0 Å². The van der Waals surface area contributed by atoms with E-state index in [0.29, 0.717) is 0 Å². The number of carbonyl (C=O) groups is 4. The lowest BCUT2D eigenvalue weighted by Crippen LogP contribution is -2.51. The maximum absolute atomic E-state index is 10.9. The summed E-state index contributed by atoms with van der Waals surface area (Å²) < 4.78 is 0. The molecule has 1 heterocycles. The summed E-state index contributed by atoms with van der Waals surface area (Å²) in [6, 6.07) is 0. The molecule has 0 saturated carbocycles. The number of piperidine rings is 1. The molecule has 0 aromatic rings. The summed E-state index contributed by atoms with van der Waals surface area (Å²) in [5.74, 6) is -4.88. The van der Waals surface area contributed by atoms with E-state index in [-0.39, 0.29) is 0 Å². The molecule has 1 atom stereocenters. The first-order valence-electron chi connectivity index (χ1n) is 3.18. The van der Waals surface area contributed by atoms with Gasteiger partial charge < -0.3 is 5.73 Å². The van der Waals surface area contributed by atoms with E-state index in [1.165, 1.54) is 0 Å². The Morgan fingerprint density at radius 3 is 2.42 bits per heavy atom. The van der Waals surface area contributed by atoms with E-state index < -0.39 is 35.8 Å². The molecule has 0 aromatic heterocycles. The van der Waals surface area contributed by atoms with Gasteiger partial charge in [0.05, 0.1) is 6.42 Å². The molecule has 3 amide bonds. The van der Waals surface area contributed by atoms with E-state index in [1.54, 1.807) is 0 Å². The Hall–Kier alpha value is -1.72. The van der Waals surface area contributed by atoms with Crippen LogP contribution in [0.4, 0.5) is 0 Å². The number of Topliss-reactive ketones (excluding diaryl/α,β-unsaturated/α-hetero) is 1. The predicted octanol–water partition coefficient (Wildman–Crippen LogP) is -2.30. The van der Waals surface area contributed by atoms with Crippen LogP contribution >= 0.6 is 0 Å². The van der Waals surface area contributed by atoms with Gasteiger partial charge in [-0.3, -0.25) is 24.5 Å². The minimum Gasteiger partial charge on any atom is -0.369 e. The van der Waals surface area contributed by atoms with Crippen LogP contribution in [-0.2, 0) is 19.2 Å². The highest BCUT2D eigenvalue weighted by atomic mass is 16.2. The van der Waals surface area contributed by atoms with E-state index in [9.17, 15) is 19.2 Å². The first-order valence-corrected chi connectivity index (χ1v) is 3.18. The third-order valence-corrected chi connectivity index (χ3v) is 1.47. The molecule has 12 heavy (non-hydrogen) atoms. The first kappa shape index (κ1) is 8.38. The van der Waals surface area contributed by atoms with Crippen LogP contribution in [0.25, 0.3) is 0 Å². The Morgan fingerprint density at radius 1 is 1.42 bits per heavy atom. The molecule has 0 aromatic carbocycles. The van der Waals surface area contributed by atoms with Crippen LogP contribution in [0.2, 0.25) is 0 Å². The third kappa shape index (κ3) is 1.31. The van der Waals surface area contributed by atoms with Crippen LogP contribution in [0.3, 0.4) is 0 Å². The summed E-state index contributed by atoms with van der Waals surface area (Å²) in [4.78, 5) is 42.7. The van der Waals surface area contributed by atoms with E-state index >= 15 is 0 Å². The molecular formula is C6H6N2O4. The quantitative estimate of drug-likeness (QED) is 0.341. The Morgan fingerprint density at radius 2 is 2.00 bits per heavy atom. The second kappa shape index (κ2) is 2.72. The van der Waals surface area contributed by atoms with E-state index in [1.807, 2.05) is 5.32 Å². The van der Waals surface area contributed by atoms with Crippen molar-refractivity contribution in [2.24, 2.45) is 11.7 Å². The smallest absolute Gasteiger partial charge is 0.246 e. The number of primary amides is 1. The van der Waals surface area contributed by atoms with E-state index in [0.717, 1.165) is 0 Å². The molecule has 1 saturated heterocycles. The van der Waals surface area contributed by atoms with Crippen LogP contribution in [0.15, 0.2) is 0 Å². The first-order chi connectivity index (χ1) is 5.52. The molecule has 6 heteroatoms. The van der Waals surface area contributed by atoms with Crippen molar-refractivity contribution in [2.45, 2.75) is 6.42 Å². The molecule has 1 aliphatic heterocycles. The lowest BCUT2D eigenvalue weighted by Gasteiger charge is -2.16. The fourth-order valence-corrected chi connectivity index (χ4v) is 0.948. The molecule has 1 aliphatic rings. The van der Waals surface area contributed by atoms with Gasteiger partial charge in [-0.05, 0) is 0 Å². The number of hydrogen-bond donors (Lipinski definition) is 2. The summed E-state index contributed by atoms with van der Waals surface area (Å²) in [7, 11) is 0. The van der Waals surface area contributed by atoms with Crippen LogP contribution in [0.1, 0.15) is 6.42 Å². The summed E-state index contributed by atoms with van der Waals surface area (Å²) in [5, 5.41) is 1.84. The highest BCUT2D eigenvalue weighted by molar-refractivity contribution is 6.27. The second-order valence-electron chi connectivity index (χ2n) is 2.39. The molecular weight excluding hydrogens is 164 g/mol. The minimum atomic E-state index is -1.50. The average Bonchev–Trinajstić information content (AvgIpc) is 1.82. The number of ketones is 1. The summed E-state index contributed by atoms with van der Waals surface area (Å²) in [6.45, 7) is 0. The van der Waals surface area contributed by atoms with Crippen LogP contribution in [0, 0.1) is 5.92 Å². The van der Waals surface area contributed by atoms with Crippen LogP contribution in [-0.4, -0.2) is 23.5 Å². The highest BCUT2D eigenvalue weighted by Crippen LogP contribution is 2.06. The summed E-state index contributed by atoms with van der Waals surface area (Å²) in [6.07, 6.45) is -0.459. The fourth-order valence-electron chi connectivity index (χ4n) is 0.948. The van der Waals surface area contributed by atoms with Crippen molar-refractivity contribution >= 4 is 23.5 Å². The number of rotatable bonds is 1. The summed E-state index contributed by atoms with van der Waals surface area (Å²) in [5.41, 5.74) is 4.76. The van der Waals surface area contributed by atoms with Crippen molar-refractivity contribution in [3.63, 3.8) is 0 Å². The number of imide groups is 1. The largest absolute Gasteiger partial charge is 0.369 e. The van der Waals surface area contributed by atoms with Gasteiger partial charge in [-0.15, -0.1) is 0 Å². The topological polar surface area (TPSA) is 106 Å². The van der Waals surface area contributed by atoms with Crippen molar-refractivity contribution in [2.75, 3.05) is 0 Å². The molecule has 0 aliphatic carbocycles. The lowest BCUT2D eigenvalue weighted by molar-refractivity contribution is -0.146. The molecule has 0 spiro atoms. The molecule has 0 radical (unpaired) electrons. The van der Waals surface area contributed by atoms with Gasteiger partial charge in [0.2, 0.25) is 17.7 Å². The lowest BCUT2D eigenvalue weighted by atomic mass is 9.96. The van der Waals surface area contributed by atoms with Crippen molar-refractivity contribution in [1.82, 2.24) is 5.32 Å². The van der Waals surface area contributed by atoms with Gasteiger partial charge in [-0.1, -0.05) is 0 Å². The third-order valence-electron chi connectivity index (χ3n) is 1.47. The van der Waals surface area contributed by atoms with E-state index in [2.05, 4.69) is 0 Å². The predicted molar refractivity (Wildman–Crippen MR) is 35.5 cm³/mol. The van der Waals surface area contributed by atoms with Gasteiger partial charge in [0.15, 0.2) is 11.7 Å². The molecule has 6 nitrogen and oxygen atoms in total. The fraction of sp³-hybridized carbons (Fsp3) is 0.333. The standard InChI is InChI=1S/C6H6N2O4/c7-5(11)4-2(9)1-3(10)8-6(4)12/h4H,1H2,(H2,7,11)(H,8,10,12). The highest BCUT2D eigenvalue weighted by Gasteiger charge is 2.38. The zero-order chi connectivity index (χ0) is 9.30. The number of nitrogens with two attached hydrogens (primary N) is 1. The zero-order valence-electron chi connectivity index (χ0n) is 5.99. The Bertz CT molecular complexity index is 263. The molecule has 1 unspecified atom stereocenters. The van der Waals surface area contributed by atoms with Crippen molar-refractivity contribution in [1.29, 1.82) is 0 Å². The molecule has 64 valence electrons. The van der Waals surface area contributed by atoms with Gasteiger partial charge in [0.25, 0.3) is 0 Å². The normalized spacial score (nSPS) is 23.7. The number of carbonyl (C=O) groups excluding carboxylic acids is 4. The van der Waals surface area contributed by atoms with Gasteiger partial charge in [-0.2, -0.15) is 0 Å². The molecule has 3 N–H and O–H groups in total. The van der Waals surface area contributed by atoms with Gasteiger partial charge >= 0.3 is 0 Å². The van der Waals surface area contributed by atoms with Crippen LogP contribution < -0.4 is 11.1 Å². The van der Waals surface area contributed by atoms with Crippen molar-refractivity contribution in [3.05, 3.63) is 0 Å². The van der Waals surface area contributed by atoms with Gasteiger partial charge in [0.1, 0.15) is 0 Å². The van der Waals surface area contributed by atoms with Gasteiger partial charge in [-0.25, -0.2) is 0 Å².